The zero-order valence-electron chi connectivity index (χ0n) is 21.9. The van der Waals surface area contributed by atoms with Crippen molar-refractivity contribution in [2.45, 2.75) is 70.0 Å². The predicted octanol–water partition coefficient (Wildman–Crippen LogP) is 6.08. The molecule has 37 heavy (non-hydrogen) atoms. The summed E-state index contributed by atoms with van der Waals surface area (Å²) in [5, 5.41) is 3.23. The van der Waals surface area contributed by atoms with Gasteiger partial charge in [0.05, 0.1) is 7.11 Å². The number of hydrogen-bond acceptors (Lipinski definition) is 3. The van der Waals surface area contributed by atoms with Gasteiger partial charge in [-0.2, -0.15) is 0 Å². The van der Waals surface area contributed by atoms with Gasteiger partial charge in [0.15, 0.2) is 0 Å². The molecule has 1 N–H and O–H groups in total. The zero-order chi connectivity index (χ0) is 26.0. The third kappa shape index (κ3) is 7.00. The number of amides is 2. The summed E-state index contributed by atoms with van der Waals surface area (Å²) in [5.41, 5.74) is 3.12. The normalized spacial score (nSPS) is 14.4. The minimum atomic E-state index is -0.536. The Kier molecular flexibility index (Phi) is 9.36. The number of nitrogens with zero attached hydrogens (tertiary/aromatic N) is 1. The molecule has 0 heterocycles. The van der Waals surface area contributed by atoms with Crippen molar-refractivity contribution < 1.29 is 14.3 Å². The molecule has 1 aliphatic rings. The highest BCUT2D eigenvalue weighted by Gasteiger charge is 2.32. The maximum Gasteiger partial charge on any atom is 0.243 e. The van der Waals surface area contributed by atoms with Gasteiger partial charge in [-0.1, -0.05) is 92.6 Å². The van der Waals surface area contributed by atoms with Gasteiger partial charge in [-0.15, -0.1) is 0 Å². The standard InChI is InChI=1S/C32H38N2O3/c1-3-30(32(36)33-27-18-10-11-19-27)34(23-24-13-12-20-28(21-24)37-2)31(35)22-29(25-14-6-4-7-15-25)26-16-8-5-9-17-26/h4-9,12-17,20-21,27,29-30H,3,10-11,18-19,22-23H2,1-2H3,(H,33,36)/t30-/m0/s1. The number of nitrogens with one attached hydrogen (secondary N) is 1. The van der Waals surface area contributed by atoms with E-state index in [2.05, 4.69) is 29.6 Å². The first-order valence-electron chi connectivity index (χ1n) is 13.4. The van der Waals surface area contributed by atoms with Gasteiger partial charge in [-0.05, 0) is 48.1 Å². The lowest BCUT2D eigenvalue weighted by molar-refractivity contribution is -0.141. The van der Waals surface area contributed by atoms with Crippen molar-refractivity contribution in [2.24, 2.45) is 0 Å². The van der Waals surface area contributed by atoms with Gasteiger partial charge in [-0.3, -0.25) is 9.59 Å². The number of ether oxygens (including phenoxy) is 1. The number of hydrogen-bond donors (Lipinski definition) is 1. The van der Waals surface area contributed by atoms with Gasteiger partial charge in [0.2, 0.25) is 11.8 Å². The Morgan fingerprint density at radius 3 is 2.11 bits per heavy atom. The average Bonchev–Trinajstić information content (AvgIpc) is 3.45. The molecule has 5 heteroatoms. The molecule has 4 rings (SSSR count). The number of methoxy groups -OCH3 is 1. The van der Waals surface area contributed by atoms with Crippen LogP contribution in [0.4, 0.5) is 0 Å². The fourth-order valence-corrected chi connectivity index (χ4v) is 5.35. The Hall–Kier alpha value is -3.60. The molecule has 1 aliphatic carbocycles. The van der Waals surface area contributed by atoms with Crippen LogP contribution in [0, 0.1) is 0 Å². The lowest BCUT2D eigenvalue weighted by atomic mass is 9.88. The van der Waals surface area contributed by atoms with Crippen molar-refractivity contribution in [3.8, 4) is 5.75 Å². The summed E-state index contributed by atoms with van der Waals surface area (Å²) in [6, 6.07) is 27.7. The summed E-state index contributed by atoms with van der Waals surface area (Å²) < 4.78 is 5.42. The van der Waals surface area contributed by atoms with Gasteiger partial charge in [0.25, 0.3) is 0 Å². The molecule has 1 saturated carbocycles. The van der Waals surface area contributed by atoms with Crippen LogP contribution in [0.25, 0.3) is 0 Å². The first-order valence-corrected chi connectivity index (χ1v) is 13.4. The summed E-state index contributed by atoms with van der Waals surface area (Å²) >= 11 is 0. The monoisotopic (exact) mass is 498 g/mol. The first-order chi connectivity index (χ1) is 18.1. The topological polar surface area (TPSA) is 58.6 Å². The Labute approximate surface area is 220 Å². The Morgan fingerprint density at radius 1 is 0.919 bits per heavy atom. The fraction of sp³-hybridized carbons (Fsp3) is 0.375. The molecule has 0 unspecified atom stereocenters. The highest BCUT2D eigenvalue weighted by molar-refractivity contribution is 5.88. The molecule has 194 valence electrons. The first kappa shape index (κ1) is 26.5. The second kappa shape index (κ2) is 13.1. The van der Waals surface area contributed by atoms with E-state index in [1.54, 1.807) is 12.0 Å². The van der Waals surface area contributed by atoms with Crippen LogP contribution in [0.3, 0.4) is 0 Å². The minimum Gasteiger partial charge on any atom is -0.497 e. The molecule has 1 atom stereocenters. The van der Waals surface area contributed by atoms with Crippen LogP contribution in [0.2, 0.25) is 0 Å². The minimum absolute atomic E-state index is 0.0334. The van der Waals surface area contributed by atoms with Gasteiger partial charge in [0, 0.05) is 24.9 Å². The Morgan fingerprint density at radius 2 is 1.54 bits per heavy atom. The van der Waals surface area contributed by atoms with Crippen LogP contribution in [0.5, 0.6) is 5.75 Å². The number of carbonyl (C=O) groups is 2. The van der Waals surface area contributed by atoms with Gasteiger partial charge < -0.3 is 15.0 Å². The van der Waals surface area contributed by atoms with Crippen molar-refractivity contribution in [3.05, 3.63) is 102 Å². The van der Waals surface area contributed by atoms with Crippen LogP contribution >= 0.6 is 0 Å². The number of benzene rings is 3. The van der Waals surface area contributed by atoms with Crippen LogP contribution in [-0.4, -0.2) is 35.9 Å². The zero-order valence-corrected chi connectivity index (χ0v) is 21.9. The van der Waals surface area contributed by atoms with E-state index in [4.69, 9.17) is 4.74 Å². The summed E-state index contributed by atoms with van der Waals surface area (Å²) in [4.78, 5) is 29.4. The van der Waals surface area contributed by atoms with E-state index < -0.39 is 6.04 Å². The number of rotatable bonds is 11. The van der Waals surface area contributed by atoms with E-state index in [1.807, 2.05) is 67.6 Å². The summed E-state index contributed by atoms with van der Waals surface area (Å²) in [5.74, 6) is 0.550. The summed E-state index contributed by atoms with van der Waals surface area (Å²) in [6.07, 6.45) is 5.14. The number of carbonyl (C=O) groups excluding carboxylic acids is 2. The molecular formula is C32H38N2O3. The maximum absolute atomic E-state index is 14.1. The van der Waals surface area contributed by atoms with Crippen molar-refractivity contribution in [2.75, 3.05) is 7.11 Å². The molecule has 0 bridgehead atoms. The van der Waals surface area contributed by atoms with E-state index in [9.17, 15) is 9.59 Å². The predicted molar refractivity (Wildman–Crippen MR) is 147 cm³/mol. The van der Waals surface area contributed by atoms with Crippen LogP contribution < -0.4 is 10.1 Å². The van der Waals surface area contributed by atoms with Crippen molar-refractivity contribution in [1.29, 1.82) is 0 Å². The molecule has 2 amide bonds. The van der Waals surface area contributed by atoms with E-state index in [0.717, 1.165) is 48.1 Å². The molecule has 5 nitrogen and oxygen atoms in total. The molecule has 0 radical (unpaired) electrons. The summed E-state index contributed by atoms with van der Waals surface area (Å²) in [7, 11) is 1.64. The molecule has 3 aromatic carbocycles. The Balaban J connectivity index is 1.64. The van der Waals surface area contributed by atoms with Crippen molar-refractivity contribution in [1.82, 2.24) is 10.2 Å². The fourth-order valence-electron chi connectivity index (χ4n) is 5.35. The second-order valence-electron chi connectivity index (χ2n) is 9.87. The third-order valence-corrected chi connectivity index (χ3v) is 7.36. The molecule has 0 aliphatic heterocycles. The molecule has 0 saturated heterocycles. The highest BCUT2D eigenvalue weighted by Crippen LogP contribution is 2.30. The van der Waals surface area contributed by atoms with E-state index in [1.165, 1.54) is 0 Å². The van der Waals surface area contributed by atoms with E-state index in [0.29, 0.717) is 13.0 Å². The largest absolute Gasteiger partial charge is 0.497 e. The molecular weight excluding hydrogens is 460 g/mol. The van der Waals surface area contributed by atoms with Gasteiger partial charge in [0.1, 0.15) is 11.8 Å². The highest BCUT2D eigenvalue weighted by atomic mass is 16.5. The lowest BCUT2D eigenvalue weighted by Crippen LogP contribution is -2.51. The molecule has 0 aromatic heterocycles. The smallest absolute Gasteiger partial charge is 0.243 e. The Bertz CT molecular complexity index is 1100. The van der Waals surface area contributed by atoms with E-state index in [-0.39, 0.29) is 30.2 Å². The van der Waals surface area contributed by atoms with Crippen LogP contribution in [-0.2, 0) is 16.1 Å². The third-order valence-electron chi connectivity index (χ3n) is 7.36. The SMILES string of the molecule is CC[C@@H](C(=O)NC1CCCC1)N(Cc1cccc(OC)c1)C(=O)CC(c1ccccc1)c1ccccc1. The average molecular weight is 499 g/mol. The molecule has 0 spiro atoms. The van der Waals surface area contributed by atoms with E-state index >= 15 is 0 Å². The molecule has 3 aromatic rings. The lowest BCUT2D eigenvalue weighted by Gasteiger charge is -2.33. The van der Waals surface area contributed by atoms with Crippen LogP contribution in [0.15, 0.2) is 84.9 Å². The second-order valence-corrected chi connectivity index (χ2v) is 9.87. The maximum atomic E-state index is 14.1. The van der Waals surface area contributed by atoms with Crippen molar-refractivity contribution >= 4 is 11.8 Å². The van der Waals surface area contributed by atoms with Crippen molar-refractivity contribution in [3.63, 3.8) is 0 Å². The van der Waals surface area contributed by atoms with Gasteiger partial charge >= 0.3 is 0 Å². The van der Waals surface area contributed by atoms with Crippen LogP contribution in [0.1, 0.15) is 68.1 Å². The quantitative estimate of drug-likeness (QED) is 0.348. The molecule has 1 fully saturated rings. The van der Waals surface area contributed by atoms with Gasteiger partial charge in [-0.25, -0.2) is 0 Å². The summed E-state index contributed by atoms with van der Waals surface area (Å²) in [6.45, 7) is 2.33.